The summed E-state index contributed by atoms with van der Waals surface area (Å²) in [4.78, 5) is 4.30. The number of halogens is 3. The van der Waals surface area contributed by atoms with Gasteiger partial charge in [0.15, 0.2) is 11.8 Å². The molecule has 2 aliphatic rings. The molecule has 0 saturated heterocycles. The van der Waals surface area contributed by atoms with E-state index in [2.05, 4.69) is 30.4 Å². The molecule has 0 unspecified atom stereocenters. The van der Waals surface area contributed by atoms with E-state index in [0.717, 1.165) is 74.8 Å². The van der Waals surface area contributed by atoms with Crippen LogP contribution in [0.25, 0.3) is 0 Å². The highest BCUT2D eigenvalue weighted by Crippen LogP contribution is 2.41. The van der Waals surface area contributed by atoms with E-state index in [9.17, 15) is 13.2 Å². The minimum atomic E-state index is -4.34. The minimum absolute atomic E-state index is 0.340. The average Bonchev–Trinajstić information content (AvgIpc) is 3.39. The number of aliphatic imine (C=N–C) groups is 1. The van der Waals surface area contributed by atoms with Gasteiger partial charge >= 0.3 is 6.18 Å². The highest BCUT2D eigenvalue weighted by atomic mass is 19.4. The standard InChI is InChI=1S/C22H29F3N6/c1-26-20(27-14-19-30-29-18-9-6-12-31(18)19)28-15-21(10-3-2-4-11-21)16-7-5-8-17(13-16)22(23,24)25/h5,7-8,13H,2-4,6,9-12,14-15H2,1H3,(H2,26,27,28). The summed E-state index contributed by atoms with van der Waals surface area (Å²) in [5.74, 6) is 2.51. The number of hydrogen-bond acceptors (Lipinski definition) is 3. The minimum Gasteiger partial charge on any atom is -0.356 e. The first-order valence-electron chi connectivity index (χ1n) is 10.9. The van der Waals surface area contributed by atoms with Gasteiger partial charge in [0, 0.05) is 32.0 Å². The molecule has 9 heteroatoms. The van der Waals surface area contributed by atoms with Crippen LogP contribution in [-0.2, 0) is 31.1 Å². The first-order chi connectivity index (χ1) is 14.9. The Labute approximate surface area is 180 Å². The van der Waals surface area contributed by atoms with Crippen molar-refractivity contribution in [2.24, 2.45) is 4.99 Å². The number of aromatic nitrogens is 3. The monoisotopic (exact) mass is 434 g/mol. The first-order valence-corrected chi connectivity index (χ1v) is 10.9. The Morgan fingerprint density at radius 1 is 1.13 bits per heavy atom. The zero-order valence-electron chi connectivity index (χ0n) is 17.8. The Morgan fingerprint density at radius 3 is 2.68 bits per heavy atom. The van der Waals surface area contributed by atoms with Crippen molar-refractivity contribution in [2.45, 2.75) is 69.6 Å². The van der Waals surface area contributed by atoms with Crippen LogP contribution in [0, 0.1) is 0 Å². The second kappa shape index (κ2) is 8.88. The summed E-state index contributed by atoms with van der Waals surface area (Å²) in [6.45, 7) is 1.97. The molecule has 2 N–H and O–H groups in total. The fourth-order valence-electron chi connectivity index (χ4n) is 4.80. The smallest absolute Gasteiger partial charge is 0.356 e. The first kappa shape index (κ1) is 21.6. The van der Waals surface area contributed by atoms with Crippen molar-refractivity contribution in [2.75, 3.05) is 13.6 Å². The van der Waals surface area contributed by atoms with E-state index in [-0.39, 0.29) is 5.41 Å². The quantitative estimate of drug-likeness (QED) is 0.555. The van der Waals surface area contributed by atoms with Crippen LogP contribution in [0.4, 0.5) is 13.2 Å². The van der Waals surface area contributed by atoms with E-state index in [4.69, 9.17) is 0 Å². The van der Waals surface area contributed by atoms with Crippen molar-refractivity contribution in [3.63, 3.8) is 0 Å². The van der Waals surface area contributed by atoms with Crippen molar-refractivity contribution >= 4 is 5.96 Å². The molecular formula is C22H29F3N6. The van der Waals surface area contributed by atoms with Gasteiger partial charge in [-0.05, 0) is 30.9 Å². The zero-order valence-corrected chi connectivity index (χ0v) is 17.8. The number of fused-ring (bicyclic) bond motifs is 1. The van der Waals surface area contributed by atoms with E-state index in [1.165, 1.54) is 12.1 Å². The second-order valence-electron chi connectivity index (χ2n) is 8.49. The number of nitrogens with one attached hydrogen (secondary N) is 2. The predicted molar refractivity (Wildman–Crippen MR) is 113 cm³/mol. The molecule has 1 aliphatic heterocycles. The molecule has 2 aromatic rings. The lowest BCUT2D eigenvalue weighted by molar-refractivity contribution is -0.137. The number of rotatable bonds is 5. The van der Waals surface area contributed by atoms with Crippen LogP contribution in [0.3, 0.4) is 0 Å². The maximum absolute atomic E-state index is 13.3. The van der Waals surface area contributed by atoms with Crippen LogP contribution in [0.1, 0.15) is 61.3 Å². The third-order valence-corrected chi connectivity index (χ3v) is 6.53. The molecule has 1 aromatic heterocycles. The van der Waals surface area contributed by atoms with Gasteiger partial charge in [-0.15, -0.1) is 10.2 Å². The summed E-state index contributed by atoms with van der Waals surface area (Å²) in [6.07, 6.45) is 2.56. The molecule has 0 amide bonds. The highest BCUT2D eigenvalue weighted by Gasteiger charge is 2.37. The third kappa shape index (κ3) is 4.70. The molecule has 168 valence electrons. The second-order valence-corrected chi connectivity index (χ2v) is 8.49. The molecular weight excluding hydrogens is 405 g/mol. The summed E-state index contributed by atoms with van der Waals surface area (Å²) >= 11 is 0. The van der Waals surface area contributed by atoms with Crippen LogP contribution in [0.2, 0.25) is 0 Å². The summed E-state index contributed by atoms with van der Waals surface area (Å²) in [5, 5.41) is 15.1. The van der Waals surface area contributed by atoms with Crippen LogP contribution < -0.4 is 10.6 Å². The molecule has 6 nitrogen and oxygen atoms in total. The van der Waals surface area contributed by atoms with Crippen molar-refractivity contribution in [1.82, 2.24) is 25.4 Å². The van der Waals surface area contributed by atoms with E-state index >= 15 is 0 Å². The normalized spacial score (nSPS) is 18.6. The van der Waals surface area contributed by atoms with Crippen molar-refractivity contribution in [1.29, 1.82) is 0 Å². The fraction of sp³-hybridized carbons (Fsp3) is 0.591. The molecule has 1 fully saturated rings. The van der Waals surface area contributed by atoms with E-state index < -0.39 is 11.7 Å². The van der Waals surface area contributed by atoms with Gasteiger partial charge in [-0.3, -0.25) is 4.99 Å². The van der Waals surface area contributed by atoms with Gasteiger partial charge in [-0.2, -0.15) is 13.2 Å². The largest absolute Gasteiger partial charge is 0.416 e. The number of nitrogens with zero attached hydrogens (tertiary/aromatic N) is 4. The summed E-state index contributed by atoms with van der Waals surface area (Å²) in [5.41, 5.74) is -0.175. The van der Waals surface area contributed by atoms with Gasteiger partial charge in [0.1, 0.15) is 5.82 Å². The van der Waals surface area contributed by atoms with Gasteiger partial charge < -0.3 is 15.2 Å². The molecule has 1 aromatic carbocycles. The van der Waals surface area contributed by atoms with Gasteiger partial charge in [0.25, 0.3) is 0 Å². The highest BCUT2D eigenvalue weighted by molar-refractivity contribution is 5.79. The van der Waals surface area contributed by atoms with Crippen LogP contribution in [0.15, 0.2) is 29.3 Å². The molecule has 2 heterocycles. The molecule has 31 heavy (non-hydrogen) atoms. The Hall–Kier alpha value is -2.58. The summed E-state index contributed by atoms with van der Waals surface area (Å²) < 4.78 is 42.0. The molecule has 1 saturated carbocycles. The number of alkyl halides is 3. The van der Waals surface area contributed by atoms with E-state index in [1.54, 1.807) is 7.05 Å². The lowest BCUT2D eigenvalue weighted by Crippen LogP contribution is -2.46. The van der Waals surface area contributed by atoms with E-state index in [1.807, 2.05) is 6.07 Å². The Bertz CT molecular complexity index is 928. The van der Waals surface area contributed by atoms with Crippen LogP contribution >= 0.6 is 0 Å². The molecule has 0 spiro atoms. The maximum atomic E-state index is 13.3. The van der Waals surface area contributed by atoms with Gasteiger partial charge in [-0.1, -0.05) is 37.5 Å². The van der Waals surface area contributed by atoms with Crippen molar-refractivity contribution in [3.05, 3.63) is 47.0 Å². The predicted octanol–water partition coefficient (Wildman–Crippen LogP) is 3.81. The van der Waals surface area contributed by atoms with Gasteiger partial charge in [-0.25, -0.2) is 0 Å². The van der Waals surface area contributed by atoms with Gasteiger partial charge in [0.05, 0.1) is 12.1 Å². The van der Waals surface area contributed by atoms with E-state index in [0.29, 0.717) is 19.0 Å². The van der Waals surface area contributed by atoms with Crippen LogP contribution in [-0.4, -0.2) is 34.3 Å². The summed E-state index contributed by atoms with van der Waals surface area (Å²) in [7, 11) is 1.70. The molecule has 0 bridgehead atoms. The number of guanidine groups is 1. The van der Waals surface area contributed by atoms with Crippen LogP contribution in [0.5, 0.6) is 0 Å². The zero-order chi connectivity index (χ0) is 21.9. The fourth-order valence-corrected chi connectivity index (χ4v) is 4.80. The Balaban J connectivity index is 1.46. The lowest BCUT2D eigenvalue weighted by Gasteiger charge is -2.38. The average molecular weight is 435 g/mol. The molecule has 0 radical (unpaired) electrons. The molecule has 1 aliphatic carbocycles. The Kier molecular flexibility index (Phi) is 6.20. The number of benzene rings is 1. The van der Waals surface area contributed by atoms with Gasteiger partial charge in [0.2, 0.25) is 0 Å². The number of hydrogen-bond donors (Lipinski definition) is 2. The molecule has 0 atom stereocenters. The maximum Gasteiger partial charge on any atom is 0.416 e. The SMILES string of the molecule is CN=C(NCc1nnc2n1CCC2)NCC1(c2cccc(C(F)(F)F)c2)CCCCC1. The Morgan fingerprint density at radius 2 is 1.94 bits per heavy atom. The number of aryl methyl sites for hydroxylation is 1. The molecule has 4 rings (SSSR count). The lowest BCUT2D eigenvalue weighted by atomic mass is 9.69. The van der Waals surface area contributed by atoms with Crippen molar-refractivity contribution in [3.8, 4) is 0 Å². The third-order valence-electron chi connectivity index (χ3n) is 6.53. The van der Waals surface area contributed by atoms with Crippen molar-refractivity contribution < 1.29 is 13.2 Å². The topological polar surface area (TPSA) is 67.1 Å². The summed E-state index contributed by atoms with van der Waals surface area (Å²) in [6, 6.07) is 5.82.